The van der Waals surface area contributed by atoms with E-state index in [1.54, 1.807) is 42.1 Å². The Hall–Kier alpha value is -2.54. The first-order valence-electron chi connectivity index (χ1n) is 22.7. The summed E-state index contributed by atoms with van der Waals surface area (Å²) in [4.78, 5) is 50.2. The molecule has 0 aromatic heterocycles. The van der Waals surface area contributed by atoms with Gasteiger partial charge in [0.2, 0.25) is 6.08 Å². The fraction of sp³-hybridized carbons (Fsp3) is 0.900. The van der Waals surface area contributed by atoms with Gasteiger partial charge in [0.25, 0.3) is 0 Å². The quantitative estimate of drug-likeness (QED) is 0.0260. The lowest BCUT2D eigenvalue weighted by atomic mass is 10.3. The van der Waals surface area contributed by atoms with Crippen molar-refractivity contribution in [2.75, 3.05) is 145 Å². The number of hydrogen-bond acceptors (Lipinski definition) is 23. The molecular weight excluding hydrogens is 1000 g/mol. The topological polar surface area (TPSA) is 283 Å². The number of carbonyl (C=O) groups excluding carboxylic acids is 4. The van der Waals surface area contributed by atoms with Crippen LogP contribution in [0, 0.1) is 0 Å². The third kappa shape index (κ3) is 31.1. The van der Waals surface area contributed by atoms with E-state index < -0.39 is 77.9 Å². The van der Waals surface area contributed by atoms with Crippen molar-refractivity contribution in [2.24, 2.45) is 4.99 Å². The minimum absolute atomic E-state index is 0.0273. The lowest BCUT2D eigenvalue weighted by molar-refractivity contribution is -0.0943. The Kier molecular flexibility index (Phi) is 41.6. The zero-order valence-electron chi connectivity index (χ0n) is 44.3. The van der Waals surface area contributed by atoms with Gasteiger partial charge in [-0.3, -0.25) is 0 Å². The van der Waals surface area contributed by atoms with Gasteiger partial charge < -0.3 is 97.5 Å². The molecule has 414 valence electrons. The molecule has 0 aliphatic rings. The van der Waals surface area contributed by atoms with Gasteiger partial charge in [0.15, 0.2) is 0 Å². The van der Waals surface area contributed by atoms with Crippen LogP contribution in [0.4, 0.5) is 14.4 Å². The summed E-state index contributed by atoms with van der Waals surface area (Å²) in [5, 5.41) is 8.09. The first kappa shape index (κ1) is 69.5. The van der Waals surface area contributed by atoms with Gasteiger partial charge in [-0.15, -0.1) is 0 Å². The third-order valence-corrected chi connectivity index (χ3v) is 21.5. The molecular formula is C40H86N4O22Si4. The summed E-state index contributed by atoms with van der Waals surface area (Å²) in [6.07, 6.45) is -0.347. The number of isocyanates is 1. The summed E-state index contributed by atoms with van der Waals surface area (Å²) in [6, 6.07) is 2.21. The Morgan fingerprint density at radius 1 is 0.429 bits per heavy atom. The SMILES string of the molecule is CO[Si](CCCN=C=O)(OC)OC.CO[Si](CCCNC(=O)OC(C)COCC(COCC(C)OC(=O)NCCC[Si](OC)(OC)OC)OCC(C)OC(=O)NCCC[Si](OC)(OC)OC)(OC)OC. The molecule has 0 saturated heterocycles. The van der Waals surface area contributed by atoms with E-state index in [-0.39, 0.29) is 33.0 Å². The lowest BCUT2D eigenvalue weighted by Crippen LogP contribution is -2.43. The molecule has 3 unspecified atom stereocenters. The second-order valence-electron chi connectivity index (χ2n) is 15.0. The number of nitrogens with one attached hydrogen (secondary N) is 3. The molecule has 0 saturated carbocycles. The van der Waals surface area contributed by atoms with Crippen LogP contribution in [0.15, 0.2) is 4.99 Å². The highest BCUT2D eigenvalue weighted by molar-refractivity contribution is 6.61. The third-order valence-electron chi connectivity index (χ3n) is 10.1. The molecule has 30 heteroatoms. The number of amides is 3. The van der Waals surface area contributed by atoms with E-state index in [1.165, 1.54) is 70.1 Å². The van der Waals surface area contributed by atoms with Gasteiger partial charge in [0.05, 0.1) is 39.6 Å². The highest BCUT2D eigenvalue weighted by atomic mass is 28.4. The van der Waals surface area contributed by atoms with Crippen LogP contribution in [0.1, 0.15) is 46.5 Å². The average molecular weight is 1090 g/mol. The van der Waals surface area contributed by atoms with Crippen LogP contribution in [0.5, 0.6) is 0 Å². The monoisotopic (exact) mass is 1090 g/mol. The predicted molar refractivity (Wildman–Crippen MR) is 261 cm³/mol. The Labute approximate surface area is 419 Å². The van der Waals surface area contributed by atoms with Crippen molar-refractivity contribution in [3.05, 3.63) is 0 Å². The van der Waals surface area contributed by atoms with Crippen LogP contribution in [0.3, 0.4) is 0 Å². The zero-order valence-corrected chi connectivity index (χ0v) is 48.3. The maximum atomic E-state index is 12.4. The number of nitrogens with zero attached hydrogens (tertiary/aromatic N) is 1. The van der Waals surface area contributed by atoms with Crippen LogP contribution in [0.25, 0.3) is 0 Å². The molecule has 70 heavy (non-hydrogen) atoms. The molecule has 0 aromatic rings. The van der Waals surface area contributed by atoms with Gasteiger partial charge >= 0.3 is 53.5 Å². The largest absolute Gasteiger partial charge is 0.500 e. The molecule has 3 atom stereocenters. The molecule has 0 spiro atoms. The molecule has 0 aromatic carbocycles. The number of rotatable bonds is 42. The van der Waals surface area contributed by atoms with E-state index in [2.05, 4.69) is 20.9 Å². The van der Waals surface area contributed by atoms with E-state index in [9.17, 15) is 19.2 Å². The molecule has 3 amide bonds. The molecule has 0 aliphatic carbocycles. The normalized spacial score (nSPS) is 13.7. The van der Waals surface area contributed by atoms with Gasteiger partial charge in [-0.1, -0.05) is 0 Å². The summed E-state index contributed by atoms with van der Waals surface area (Å²) >= 11 is 0. The molecule has 0 radical (unpaired) electrons. The van der Waals surface area contributed by atoms with Crippen LogP contribution >= 0.6 is 0 Å². The van der Waals surface area contributed by atoms with Gasteiger partial charge in [-0.25, -0.2) is 24.2 Å². The minimum Gasteiger partial charge on any atom is -0.444 e. The second kappa shape index (κ2) is 41.9. The molecule has 0 fully saturated rings. The van der Waals surface area contributed by atoms with Crippen LogP contribution in [-0.2, 0) is 86.3 Å². The van der Waals surface area contributed by atoms with Crippen LogP contribution < -0.4 is 16.0 Å². The molecule has 0 rings (SSSR count). The van der Waals surface area contributed by atoms with Crippen molar-refractivity contribution < 1.29 is 101 Å². The predicted octanol–water partition coefficient (Wildman–Crippen LogP) is 3.14. The van der Waals surface area contributed by atoms with Gasteiger partial charge in [-0.2, -0.15) is 0 Å². The summed E-state index contributed by atoms with van der Waals surface area (Å²) in [7, 11) is 7.77. The van der Waals surface area contributed by atoms with Gasteiger partial charge in [0, 0.05) is 129 Å². The first-order valence-corrected chi connectivity index (χ1v) is 30.4. The Bertz CT molecular complexity index is 1300. The van der Waals surface area contributed by atoms with Gasteiger partial charge in [0.1, 0.15) is 24.4 Å². The van der Waals surface area contributed by atoms with E-state index >= 15 is 0 Å². The minimum atomic E-state index is -2.75. The average Bonchev–Trinajstić information content (AvgIpc) is 3.36. The number of ether oxygens (including phenoxy) is 6. The standard InChI is InChI=1S/C33H71N3O18Si3.C7H15NO4Si/c1-27(52-31(37)34-16-13-19-55(40-4,41-5)42-6)22-49-25-30(51-24-29(3)54-33(39)36-18-15-21-57(46-10,47-11)48-12)26-50-23-28(2)53-32(38)35-17-14-20-56(43-7,44-8)45-9;1-10-13(11-2,12-3)6-4-5-8-7-9/h27-30H,13-26H2,1-12H3,(H,34,37)(H,35,38)(H,36,39);4-6H2,1-3H3. The smallest absolute Gasteiger partial charge is 0.444 e. The summed E-state index contributed by atoms with van der Waals surface area (Å²) in [5.41, 5.74) is 0. The van der Waals surface area contributed by atoms with Crippen LogP contribution in [0.2, 0.25) is 24.2 Å². The summed E-state index contributed by atoms with van der Waals surface area (Å²) in [5.74, 6) is 0. The molecule has 0 aliphatic heterocycles. The molecule has 26 nitrogen and oxygen atoms in total. The van der Waals surface area contributed by atoms with E-state index in [0.717, 1.165) is 0 Å². The van der Waals surface area contributed by atoms with E-state index in [0.29, 0.717) is 76.0 Å². The molecule has 3 N–H and O–H groups in total. The van der Waals surface area contributed by atoms with Crippen LogP contribution in [-0.4, -0.2) is 229 Å². The summed E-state index contributed by atoms with van der Waals surface area (Å²) < 4.78 is 97.9. The first-order chi connectivity index (χ1) is 33.4. The maximum absolute atomic E-state index is 12.4. The number of hydrogen-bond donors (Lipinski definition) is 3. The van der Waals surface area contributed by atoms with Crippen molar-refractivity contribution in [3.8, 4) is 0 Å². The fourth-order valence-corrected chi connectivity index (χ4v) is 12.9. The van der Waals surface area contributed by atoms with Crippen molar-refractivity contribution >= 4 is 59.6 Å². The van der Waals surface area contributed by atoms with Crippen molar-refractivity contribution in [1.29, 1.82) is 0 Å². The molecule has 0 heterocycles. The van der Waals surface area contributed by atoms with Gasteiger partial charge in [-0.05, 0) is 46.5 Å². The summed E-state index contributed by atoms with van der Waals surface area (Å²) in [6.45, 7) is 6.78. The second-order valence-corrected chi connectivity index (χ2v) is 27.4. The van der Waals surface area contributed by atoms with E-state index in [4.69, 9.17) is 81.5 Å². The number of aliphatic imine (C=N–C) groups is 1. The zero-order chi connectivity index (χ0) is 53.3. The lowest BCUT2D eigenvalue weighted by Gasteiger charge is -2.24. The van der Waals surface area contributed by atoms with Crippen molar-refractivity contribution in [1.82, 2.24) is 16.0 Å². The molecule has 0 bridgehead atoms. The van der Waals surface area contributed by atoms with E-state index in [1.807, 2.05) is 0 Å². The van der Waals surface area contributed by atoms with Crippen molar-refractivity contribution in [2.45, 2.75) is 95.0 Å². The number of alkyl carbamates (subject to hydrolysis) is 3. The highest BCUT2D eigenvalue weighted by Crippen LogP contribution is 2.17. The van der Waals surface area contributed by atoms with Crippen molar-refractivity contribution in [3.63, 3.8) is 0 Å². The highest BCUT2D eigenvalue weighted by Gasteiger charge is 2.39. The maximum Gasteiger partial charge on any atom is 0.500 e. The number of carbonyl (C=O) groups is 3. The fourth-order valence-electron chi connectivity index (χ4n) is 6.05. The Morgan fingerprint density at radius 2 is 0.700 bits per heavy atom. The Balaban J connectivity index is 0. The Morgan fingerprint density at radius 3 is 0.971 bits per heavy atom.